The standard InChI is InChI=1S/C17H18ClN3O3/c1-2-3-5-17(20-21-17)6-4-15(22)19-11-12-9-13(18)16-14(10-12)23-7-8-24-16/h1,9-10H,3-8,11H2,(H,19,22). The number of carbonyl (C=O) groups excluding carboxylic acids is 1. The second-order valence-electron chi connectivity index (χ2n) is 5.77. The van der Waals surface area contributed by atoms with E-state index in [0.717, 1.165) is 5.56 Å². The topological polar surface area (TPSA) is 72.3 Å². The monoisotopic (exact) mass is 347 g/mol. The van der Waals surface area contributed by atoms with E-state index < -0.39 is 5.66 Å². The highest BCUT2D eigenvalue weighted by molar-refractivity contribution is 6.32. The molecular weight excluding hydrogens is 330 g/mol. The summed E-state index contributed by atoms with van der Waals surface area (Å²) < 4.78 is 11.0. The smallest absolute Gasteiger partial charge is 0.220 e. The molecule has 1 aromatic carbocycles. The second kappa shape index (κ2) is 7.10. The SMILES string of the molecule is C#CCCC1(CCC(=O)NCc2cc(Cl)c3c(c2)OCCO3)N=N1. The Balaban J connectivity index is 1.48. The van der Waals surface area contributed by atoms with Gasteiger partial charge in [-0.3, -0.25) is 4.79 Å². The first-order valence-electron chi connectivity index (χ1n) is 7.84. The molecule has 2 heterocycles. The molecule has 0 aromatic heterocycles. The van der Waals surface area contributed by atoms with Crippen LogP contribution in [0.2, 0.25) is 5.02 Å². The Morgan fingerprint density at radius 2 is 2.12 bits per heavy atom. The van der Waals surface area contributed by atoms with Crippen LogP contribution in [-0.4, -0.2) is 24.8 Å². The molecule has 0 aliphatic carbocycles. The van der Waals surface area contributed by atoms with E-state index in [1.54, 1.807) is 6.07 Å². The molecule has 0 unspecified atom stereocenters. The Hall–Kier alpha value is -2.26. The van der Waals surface area contributed by atoms with Crippen molar-refractivity contribution >= 4 is 17.5 Å². The van der Waals surface area contributed by atoms with Crippen LogP contribution in [-0.2, 0) is 11.3 Å². The highest BCUT2D eigenvalue weighted by Gasteiger charge is 2.39. The molecule has 24 heavy (non-hydrogen) atoms. The van der Waals surface area contributed by atoms with Crippen molar-refractivity contribution in [3.05, 3.63) is 22.7 Å². The van der Waals surface area contributed by atoms with Crippen LogP contribution in [0.4, 0.5) is 0 Å². The van der Waals surface area contributed by atoms with Gasteiger partial charge in [0.1, 0.15) is 13.2 Å². The lowest BCUT2D eigenvalue weighted by molar-refractivity contribution is -0.121. The van der Waals surface area contributed by atoms with Crippen molar-refractivity contribution in [1.82, 2.24) is 5.32 Å². The van der Waals surface area contributed by atoms with Crippen LogP contribution >= 0.6 is 11.6 Å². The van der Waals surface area contributed by atoms with Crippen LogP contribution in [0, 0.1) is 12.3 Å². The zero-order chi connectivity index (χ0) is 17.0. The van der Waals surface area contributed by atoms with Crippen molar-refractivity contribution in [2.24, 2.45) is 10.2 Å². The van der Waals surface area contributed by atoms with E-state index in [-0.39, 0.29) is 5.91 Å². The van der Waals surface area contributed by atoms with Crippen LogP contribution in [0.25, 0.3) is 0 Å². The third-order valence-electron chi connectivity index (χ3n) is 3.95. The molecule has 0 atom stereocenters. The van der Waals surface area contributed by atoms with Gasteiger partial charge in [-0.2, -0.15) is 10.2 Å². The predicted molar refractivity (Wildman–Crippen MR) is 89.2 cm³/mol. The number of rotatable bonds is 7. The van der Waals surface area contributed by atoms with E-state index in [1.165, 1.54) is 0 Å². The Morgan fingerprint density at radius 3 is 2.88 bits per heavy atom. The van der Waals surface area contributed by atoms with Crippen LogP contribution in [0.5, 0.6) is 11.5 Å². The number of nitrogens with zero attached hydrogens (tertiary/aromatic N) is 2. The normalized spacial score (nSPS) is 16.3. The maximum atomic E-state index is 12.0. The van der Waals surface area contributed by atoms with Crippen LogP contribution in [0.15, 0.2) is 22.4 Å². The Morgan fingerprint density at radius 1 is 1.33 bits per heavy atom. The van der Waals surface area contributed by atoms with Crippen molar-refractivity contribution < 1.29 is 14.3 Å². The molecule has 1 N–H and O–H groups in total. The number of amides is 1. The second-order valence-corrected chi connectivity index (χ2v) is 6.17. The minimum absolute atomic E-state index is 0.0570. The molecule has 1 amide bonds. The van der Waals surface area contributed by atoms with Crippen molar-refractivity contribution in [1.29, 1.82) is 0 Å². The molecule has 3 rings (SSSR count). The third-order valence-corrected chi connectivity index (χ3v) is 4.23. The highest BCUT2D eigenvalue weighted by Crippen LogP contribution is 2.39. The fourth-order valence-electron chi connectivity index (χ4n) is 2.54. The van der Waals surface area contributed by atoms with E-state index in [4.69, 9.17) is 27.5 Å². The lowest BCUT2D eigenvalue weighted by Crippen LogP contribution is -2.25. The number of fused-ring (bicyclic) bond motifs is 1. The van der Waals surface area contributed by atoms with Gasteiger partial charge in [0.15, 0.2) is 17.2 Å². The molecule has 0 saturated carbocycles. The summed E-state index contributed by atoms with van der Waals surface area (Å²) in [4.78, 5) is 12.0. The molecule has 0 fully saturated rings. The summed E-state index contributed by atoms with van der Waals surface area (Å²) in [5.41, 5.74) is 0.435. The van der Waals surface area contributed by atoms with Gasteiger partial charge in [-0.25, -0.2) is 0 Å². The molecule has 0 bridgehead atoms. The molecule has 0 radical (unpaired) electrons. The van der Waals surface area contributed by atoms with Crippen LogP contribution in [0.3, 0.4) is 0 Å². The summed E-state index contributed by atoms with van der Waals surface area (Å²) in [5.74, 6) is 3.69. The summed E-state index contributed by atoms with van der Waals surface area (Å²) in [6, 6.07) is 3.61. The minimum Gasteiger partial charge on any atom is -0.486 e. The number of hydrogen-bond acceptors (Lipinski definition) is 5. The minimum atomic E-state index is -0.427. The zero-order valence-electron chi connectivity index (χ0n) is 13.2. The Bertz CT molecular complexity index is 706. The highest BCUT2D eigenvalue weighted by atomic mass is 35.5. The van der Waals surface area contributed by atoms with Gasteiger partial charge in [-0.05, 0) is 17.7 Å². The summed E-state index contributed by atoms with van der Waals surface area (Å²) >= 11 is 6.18. The van der Waals surface area contributed by atoms with E-state index in [2.05, 4.69) is 21.5 Å². The number of carbonyl (C=O) groups is 1. The summed E-state index contributed by atoms with van der Waals surface area (Å²) in [6.45, 7) is 1.35. The molecule has 2 aliphatic rings. The number of terminal acetylenes is 1. The van der Waals surface area contributed by atoms with Gasteiger partial charge in [-0.1, -0.05) is 11.6 Å². The summed E-state index contributed by atoms with van der Waals surface area (Å²) in [6.07, 6.45) is 7.51. The van der Waals surface area contributed by atoms with Gasteiger partial charge in [0.05, 0.1) is 5.02 Å². The number of benzene rings is 1. The average molecular weight is 348 g/mol. The quantitative estimate of drug-likeness (QED) is 0.770. The third kappa shape index (κ3) is 3.98. The molecule has 0 saturated heterocycles. The number of halogens is 1. The lowest BCUT2D eigenvalue weighted by Gasteiger charge is -2.20. The van der Waals surface area contributed by atoms with Crippen molar-refractivity contribution in [2.75, 3.05) is 13.2 Å². The summed E-state index contributed by atoms with van der Waals surface area (Å²) in [7, 11) is 0. The maximum Gasteiger partial charge on any atom is 0.220 e. The van der Waals surface area contributed by atoms with Crippen LogP contribution in [0.1, 0.15) is 31.2 Å². The van der Waals surface area contributed by atoms with Gasteiger partial charge in [0, 0.05) is 32.2 Å². The molecule has 126 valence electrons. The molecular formula is C17H18ClN3O3. The largest absolute Gasteiger partial charge is 0.486 e. The molecule has 2 aliphatic heterocycles. The Labute approximate surface area is 145 Å². The number of hydrogen-bond donors (Lipinski definition) is 1. The van der Waals surface area contributed by atoms with E-state index in [1.807, 2.05) is 6.07 Å². The molecule has 1 aromatic rings. The molecule has 6 nitrogen and oxygen atoms in total. The van der Waals surface area contributed by atoms with Crippen molar-refractivity contribution in [3.8, 4) is 23.8 Å². The van der Waals surface area contributed by atoms with E-state index in [9.17, 15) is 4.79 Å². The van der Waals surface area contributed by atoms with Gasteiger partial charge in [0.25, 0.3) is 0 Å². The van der Waals surface area contributed by atoms with E-state index in [0.29, 0.717) is 62.0 Å². The number of nitrogens with one attached hydrogen (secondary N) is 1. The first kappa shape index (κ1) is 16.6. The number of ether oxygens (including phenoxy) is 2. The van der Waals surface area contributed by atoms with Gasteiger partial charge >= 0.3 is 0 Å². The van der Waals surface area contributed by atoms with Gasteiger partial charge < -0.3 is 14.8 Å². The predicted octanol–water partition coefficient (Wildman–Crippen LogP) is 3.08. The summed E-state index contributed by atoms with van der Waals surface area (Å²) in [5, 5.41) is 11.4. The van der Waals surface area contributed by atoms with Gasteiger partial charge in [0.2, 0.25) is 5.91 Å². The zero-order valence-corrected chi connectivity index (χ0v) is 13.9. The Kier molecular flexibility index (Phi) is 4.91. The molecule has 0 spiro atoms. The fourth-order valence-corrected chi connectivity index (χ4v) is 2.82. The lowest BCUT2D eigenvalue weighted by atomic mass is 10.0. The van der Waals surface area contributed by atoms with Crippen molar-refractivity contribution in [2.45, 2.75) is 37.9 Å². The fraction of sp³-hybridized carbons (Fsp3) is 0.471. The van der Waals surface area contributed by atoms with E-state index >= 15 is 0 Å². The maximum absolute atomic E-state index is 12.0. The average Bonchev–Trinajstić information content (AvgIpc) is 3.37. The van der Waals surface area contributed by atoms with Gasteiger partial charge in [-0.15, -0.1) is 12.3 Å². The first-order valence-corrected chi connectivity index (χ1v) is 8.22. The first-order chi connectivity index (χ1) is 11.6. The van der Waals surface area contributed by atoms with Crippen molar-refractivity contribution in [3.63, 3.8) is 0 Å². The van der Waals surface area contributed by atoms with Crippen LogP contribution < -0.4 is 14.8 Å². The molecule has 7 heteroatoms.